The number of benzene rings is 2. The van der Waals surface area contributed by atoms with Gasteiger partial charge in [-0.05, 0) is 29.7 Å². The van der Waals surface area contributed by atoms with Crippen molar-refractivity contribution in [1.29, 1.82) is 0 Å². The maximum Gasteiger partial charge on any atom is 0.305 e. The van der Waals surface area contributed by atoms with Gasteiger partial charge in [-0.3, -0.25) is 19.5 Å². The zero-order chi connectivity index (χ0) is 21.0. The van der Waals surface area contributed by atoms with Gasteiger partial charge in [0.25, 0.3) is 11.5 Å². The molecule has 0 saturated carbocycles. The monoisotopic (exact) mass is 413 g/mol. The largest absolute Gasteiger partial charge is 0.481 e. The predicted molar refractivity (Wildman–Crippen MR) is 110 cm³/mol. The van der Waals surface area contributed by atoms with Crippen LogP contribution in [0.25, 0.3) is 5.69 Å². The van der Waals surface area contributed by atoms with Crippen molar-refractivity contribution in [2.45, 2.75) is 25.8 Å². The van der Waals surface area contributed by atoms with E-state index in [0.717, 1.165) is 18.1 Å². The molecule has 0 radical (unpaired) electrons. The molecule has 1 amide bonds. The van der Waals surface area contributed by atoms with E-state index in [1.807, 2.05) is 19.1 Å². The molecule has 0 saturated heterocycles. The Morgan fingerprint density at radius 3 is 2.48 bits per heavy atom. The SMILES string of the molecule is CCc1ccc(C(CC(=O)O)NC(=O)c2cc(=O)n(-c3ccccc3Cl)[nH]2)cc1. The van der Waals surface area contributed by atoms with Gasteiger partial charge in [0.05, 0.1) is 23.2 Å². The van der Waals surface area contributed by atoms with Gasteiger partial charge in [0.1, 0.15) is 5.69 Å². The number of hydrogen-bond acceptors (Lipinski definition) is 3. The van der Waals surface area contributed by atoms with Crippen molar-refractivity contribution in [1.82, 2.24) is 15.1 Å². The molecular weight excluding hydrogens is 394 g/mol. The van der Waals surface area contributed by atoms with Gasteiger partial charge in [-0.1, -0.05) is 54.9 Å². The zero-order valence-corrected chi connectivity index (χ0v) is 16.4. The van der Waals surface area contributed by atoms with Crippen LogP contribution in [0.5, 0.6) is 0 Å². The van der Waals surface area contributed by atoms with Crippen molar-refractivity contribution >= 4 is 23.5 Å². The third-order valence-corrected chi connectivity index (χ3v) is 4.85. The number of para-hydroxylation sites is 1. The molecule has 1 atom stereocenters. The van der Waals surface area contributed by atoms with Crippen molar-refractivity contribution in [2.75, 3.05) is 0 Å². The van der Waals surface area contributed by atoms with E-state index < -0.39 is 23.5 Å². The van der Waals surface area contributed by atoms with Gasteiger partial charge in [0.2, 0.25) is 0 Å². The number of carboxylic acid groups (broad SMARTS) is 1. The van der Waals surface area contributed by atoms with E-state index in [4.69, 9.17) is 11.6 Å². The number of nitrogens with zero attached hydrogens (tertiary/aromatic N) is 1. The van der Waals surface area contributed by atoms with E-state index in [2.05, 4.69) is 10.4 Å². The molecule has 3 aromatic rings. The minimum Gasteiger partial charge on any atom is -0.481 e. The second-order valence-electron chi connectivity index (χ2n) is 6.51. The quantitative estimate of drug-likeness (QED) is 0.552. The van der Waals surface area contributed by atoms with E-state index in [-0.39, 0.29) is 12.1 Å². The highest BCUT2D eigenvalue weighted by Gasteiger charge is 2.21. The van der Waals surface area contributed by atoms with Gasteiger partial charge >= 0.3 is 5.97 Å². The Bertz CT molecular complexity index is 1090. The minimum atomic E-state index is -1.04. The van der Waals surface area contributed by atoms with Crippen LogP contribution in [0.1, 0.15) is 41.0 Å². The van der Waals surface area contributed by atoms with E-state index in [9.17, 15) is 19.5 Å². The van der Waals surface area contributed by atoms with Crippen molar-refractivity contribution < 1.29 is 14.7 Å². The van der Waals surface area contributed by atoms with Crippen molar-refractivity contribution in [3.8, 4) is 5.69 Å². The maximum atomic E-state index is 12.7. The number of rotatable bonds is 7. The number of aromatic nitrogens is 2. The number of halogens is 1. The molecule has 0 bridgehead atoms. The lowest BCUT2D eigenvalue weighted by Gasteiger charge is -2.17. The molecule has 0 aliphatic rings. The third-order valence-electron chi connectivity index (χ3n) is 4.53. The van der Waals surface area contributed by atoms with Crippen LogP contribution in [0.3, 0.4) is 0 Å². The summed E-state index contributed by atoms with van der Waals surface area (Å²) in [6.07, 6.45) is 0.569. The van der Waals surface area contributed by atoms with E-state index in [1.54, 1.807) is 36.4 Å². The maximum absolute atomic E-state index is 12.7. The number of nitrogens with one attached hydrogen (secondary N) is 2. The van der Waals surface area contributed by atoms with E-state index >= 15 is 0 Å². The number of aromatic amines is 1. The molecule has 150 valence electrons. The Kier molecular flexibility index (Phi) is 6.19. The van der Waals surface area contributed by atoms with Crippen molar-refractivity contribution in [2.24, 2.45) is 0 Å². The van der Waals surface area contributed by atoms with Crippen LogP contribution in [0.2, 0.25) is 5.02 Å². The average molecular weight is 414 g/mol. The van der Waals surface area contributed by atoms with Crippen LogP contribution in [0, 0.1) is 0 Å². The van der Waals surface area contributed by atoms with Crippen LogP contribution >= 0.6 is 11.6 Å². The summed E-state index contributed by atoms with van der Waals surface area (Å²) < 4.78 is 1.17. The summed E-state index contributed by atoms with van der Waals surface area (Å²) >= 11 is 6.12. The second-order valence-corrected chi connectivity index (χ2v) is 6.92. The molecule has 0 aliphatic heterocycles. The fraction of sp³-hybridized carbons (Fsp3) is 0.190. The molecule has 1 unspecified atom stereocenters. The first-order valence-corrected chi connectivity index (χ1v) is 9.45. The normalized spacial score (nSPS) is 11.8. The van der Waals surface area contributed by atoms with Crippen molar-refractivity contribution in [3.05, 3.63) is 86.8 Å². The molecule has 29 heavy (non-hydrogen) atoms. The summed E-state index contributed by atoms with van der Waals surface area (Å²) in [5.41, 5.74) is 1.75. The predicted octanol–water partition coefficient (Wildman–Crippen LogP) is 3.33. The molecule has 3 N–H and O–H groups in total. The Hall–Kier alpha value is -3.32. The van der Waals surface area contributed by atoms with Gasteiger partial charge in [0.15, 0.2) is 0 Å². The number of amides is 1. The molecule has 0 spiro atoms. The lowest BCUT2D eigenvalue weighted by molar-refractivity contribution is -0.137. The second kappa shape index (κ2) is 8.79. The molecule has 3 rings (SSSR count). The smallest absolute Gasteiger partial charge is 0.305 e. The molecule has 0 fully saturated rings. The lowest BCUT2D eigenvalue weighted by Crippen LogP contribution is -2.30. The Labute approximate surface area is 171 Å². The summed E-state index contributed by atoms with van der Waals surface area (Å²) in [6, 6.07) is 14.5. The third kappa shape index (κ3) is 4.75. The number of carboxylic acids is 1. The average Bonchev–Trinajstić information content (AvgIpc) is 3.09. The number of carbonyl (C=O) groups excluding carboxylic acids is 1. The Morgan fingerprint density at radius 2 is 1.86 bits per heavy atom. The number of hydrogen-bond donors (Lipinski definition) is 3. The van der Waals surface area contributed by atoms with Gasteiger partial charge in [-0.25, -0.2) is 4.68 Å². The van der Waals surface area contributed by atoms with Gasteiger partial charge in [-0.15, -0.1) is 0 Å². The van der Waals surface area contributed by atoms with Crippen LogP contribution in [0.4, 0.5) is 0 Å². The molecular formula is C21H20ClN3O4. The first-order valence-electron chi connectivity index (χ1n) is 9.07. The fourth-order valence-corrected chi connectivity index (χ4v) is 3.19. The first kappa shape index (κ1) is 20.4. The molecule has 8 heteroatoms. The first-order chi connectivity index (χ1) is 13.9. The standard InChI is InChI=1S/C21H20ClN3O4/c1-2-13-7-9-14(10-8-13)16(12-20(27)28)23-21(29)17-11-19(26)25(24-17)18-6-4-3-5-15(18)22/h3-11,16,24H,2,12H2,1H3,(H,23,29)(H,27,28). The summed E-state index contributed by atoms with van der Waals surface area (Å²) in [4.78, 5) is 36.3. The number of H-pyrrole nitrogens is 1. The summed E-state index contributed by atoms with van der Waals surface area (Å²) in [5, 5.41) is 15.0. The summed E-state index contributed by atoms with van der Waals surface area (Å²) in [6.45, 7) is 2.02. The number of aryl methyl sites for hydroxylation is 1. The van der Waals surface area contributed by atoms with Crippen molar-refractivity contribution in [3.63, 3.8) is 0 Å². The van der Waals surface area contributed by atoms with Crippen LogP contribution in [-0.2, 0) is 11.2 Å². The Balaban J connectivity index is 1.86. The van der Waals surface area contributed by atoms with Gasteiger partial charge in [0, 0.05) is 6.07 Å². The molecule has 2 aromatic carbocycles. The molecule has 1 aromatic heterocycles. The van der Waals surface area contributed by atoms with Gasteiger partial charge < -0.3 is 10.4 Å². The topological polar surface area (TPSA) is 104 Å². The highest BCUT2D eigenvalue weighted by Crippen LogP contribution is 2.20. The van der Waals surface area contributed by atoms with Crippen LogP contribution in [0.15, 0.2) is 59.4 Å². The van der Waals surface area contributed by atoms with E-state index in [0.29, 0.717) is 16.3 Å². The van der Waals surface area contributed by atoms with Crippen LogP contribution < -0.4 is 10.9 Å². The van der Waals surface area contributed by atoms with Gasteiger partial charge in [-0.2, -0.15) is 0 Å². The minimum absolute atomic E-state index is 0.00971. The fourth-order valence-electron chi connectivity index (χ4n) is 2.97. The molecule has 0 aliphatic carbocycles. The summed E-state index contributed by atoms with van der Waals surface area (Å²) in [7, 11) is 0. The zero-order valence-electron chi connectivity index (χ0n) is 15.7. The van der Waals surface area contributed by atoms with E-state index in [1.165, 1.54) is 4.68 Å². The molecule has 1 heterocycles. The number of aliphatic carboxylic acids is 1. The Morgan fingerprint density at radius 1 is 1.17 bits per heavy atom. The van der Waals surface area contributed by atoms with Crippen LogP contribution in [-0.4, -0.2) is 26.8 Å². The molecule has 7 nitrogen and oxygen atoms in total. The summed E-state index contributed by atoms with van der Waals surface area (Å²) in [5.74, 6) is -1.63. The lowest BCUT2D eigenvalue weighted by atomic mass is 10.0. The highest BCUT2D eigenvalue weighted by atomic mass is 35.5. The number of carbonyl (C=O) groups is 2. The highest BCUT2D eigenvalue weighted by molar-refractivity contribution is 6.32.